The molecule has 0 fully saturated rings. The summed E-state index contributed by atoms with van der Waals surface area (Å²) in [7, 11) is 3.28. The van der Waals surface area contributed by atoms with Crippen LogP contribution in [0.3, 0.4) is 0 Å². The number of aromatic nitrogens is 1. The first-order chi connectivity index (χ1) is 9.06. The Morgan fingerprint density at radius 2 is 2.00 bits per heavy atom. The summed E-state index contributed by atoms with van der Waals surface area (Å²) >= 11 is 0. The Labute approximate surface area is 111 Å². The molecule has 8 heteroatoms. The van der Waals surface area contributed by atoms with E-state index in [1.807, 2.05) is 0 Å². The van der Waals surface area contributed by atoms with E-state index in [0.717, 1.165) is 0 Å². The monoisotopic (exact) mass is 266 g/mol. The number of anilines is 1. The molecule has 0 bridgehead atoms. The first-order valence-corrected chi connectivity index (χ1v) is 5.70. The van der Waals surface area contributed by atoms with Crippen LogP contribution in [0.15, 0.2) is 18.5 Å². The van der Waals surface area contributed by atoms with Gasteiger partial charge in [0, 0.05) is 39.6 Å². The number of nitrogens with zero attached hydrogens (tertiary/aromatic N) is 2. The van der Waals surface area contributed by atoms with Gasteiger partial charge < -0.3 is 21.0 Å². The molecule has 0 radical (unpaired) electrons. The number of carbonyl (C=O) groups excluding carboxylic acids is 2. The molecule has 8 nitrogen and oxygen atoms in total. The SMILES string of the molecule is CN(C)C(=O)NCCNC(=O)c1cnccc1NN. The summed E-state index contributed by atoms with van der Waals surface area (Å²) in [6.07, 6.45) is 2.95. The Bertz CT molecular complexity index is 449. The number of hydrogen-bond donors (Lipinski definition) is 4. The van der Waals surface area contributed by atoms with E-state index in [9.17, 15) is 9.59 Å². The topological polar surface area (TPSA) is 112 Å². The number of hydrogen-bond acceptors (Lipinski definition) is 5. The minimum absolute atomic E-state index is 0.208. The highest BCUT2D eigenvalue weighted by atomic mass is 16.2. The van der Waals surface area contributed by atoms with Gasteiger partial charge >= 0.3 is 6.03 Å². The fourth-order valence-corrected chi connectivity index (χ4v) is 1.30. The second kappa shape index (κ2) is 7.17. The van der Waals surface area contributed by atoms with Gasteiger partial charge in [-0.2, -0.15) is 0 Å². The smallest absolute Gasteiger partial charge is 0.316 e. The third kappa shape index (κ3) is 4.43. The van der Waals surface area contributed by atoms with Crippen LogP contribution in [-0.4, -0.2) is 49.0 Å². The zero-order valence-corrected chi connectivity index (χ0v) is 10.9. The number of urea groups is 1. The van der Waals surface area contributed by atoms with Gasteiger partial charge in [0.15, 0.2) is 0 Å². The number of amides is 3. The minimum Gasteiger partial charge on any atom is -0.350 e. The molecule has 1 heterocycles. The van der Waals surface area contributed by atoms with E-state index in [2.05, 4.69) is 21.0 Å². The average Bonchev–Trinajstić information content (AvgIpc) is 2.42. The van der Waals surface area contributed by atoms with Crippen molar-refractivity contribution in [3.63, 3.8) is 0 Å². The zero-order chi connectivity index (χ0) is 14.3. The highest BCUT2D eigenvalue weighted by Gasteiger charge is 2.10. The van der Waals surface area contributed by atoms with Gasteiger partial charge in [-0.05, 0) is 6.07 Å². The Balaban J connectivity index is 2.41. The van der Waals surface area contributed by atoms with E-state index < -0.39 is 0 Å². The maximum atomic E-state index is 11.8. The Morgan fingerprint density at radius 3 is 2.63 bits per heavy atom. The second-order valence-electron chi connectivity index (χ2n) is 3.95. The van der Waals surface area contributed by atoms with Crippen molar-refractivity contribution in [3.05, 3.63) is 24.0 Å². The van der Waals surface area contributed by atoms with Gasteiger partial charge in [-0.1, -0.05) is 0 Å². The largest absolute Gasteiger partial charge is 0.350 e. The molecule has 3 amide bonds. The molecule has 0 unspecified atom stereocenters. The lowest BCUT2D eigenvalue weighted by molar-refractivity contribution is 0.0954. The molecule has 0 aromatic carbocycles. The fraction of sp³-hybridized carbons (Fsp3) is 0.364. The van der Waals surface area contributed by atoms with E-state index in [1.54, 1.807) is 20.2 Å². The van der Waals surface area contributed by atoms with Gasteiger partial charge in [-0.15, -0.1) is 0 Å². The molecule has 0 aliphatic heterocycles. The van der Waals surface area contributed by atoms with Crippen LogP contribution < -0.4 is 21.9 Å². The third-order valence-electron chi connectivity index (χ3n) is 2.31. The molecular formula is C11H18N6O2. The lowest BCUT2D eigenvalue weighted by Crippen LogP contribution is -2.39. The summed E-state index contributed by atoms with van der Waals surface area (Å²) in [5.74, 6) is 4.99. The summed E-state index contributed by atoms with van der Waals surface area (Å²) < 4.78 is 0. The summed E-state index contributed by atoms with van der Waals surface area (Å²) in [6, 6.07) is 1.39. The molecule has 0 atom stereocenters. The number of rotatable bonds is 5. The molecule has 1 aromatic rings. The van der Waals surface area contributed by atoms with Gasteiger partial charge in [0.25, 0.3) is 5.91 Å². The van der Waals surface area contributed by atoms with E-state index in [1.165, 1.54) is 17.3 Å². The number of carbonyl (C=O) groups is 2. The summed E-state index contributed by atoms with van der Waals surface area (Å²) in [5, 5.41) is 5.29. The van der Waals surface area contributed by atoms with Crippen LogP contribution >= 0.6 is 0 Å². The van der Waals surface area contributed by atoms with Crippen molar-refractivity contribution in [1.82, 2.24) is 20.5 Å². The quantitative estimate of drug-likeness (QED) is 0.322. The van der Waals surface area contributed by atoms with Crippen LogP contribution in [0.2, 0.25) is 0 Å². The van der Waals surface area contributed by atoms with Crippen LogP contribution in [0.5, 0.6) is 0 Å². The molecule has 1 rings (SSSR count). The highest BCUT2D eigenvalue weighted by molar-refractivity contribution is 5.99. The normalized spacial score (nSPS) is 9.63. The Hall–Kier alpha value is -2.35. The van der Waals surface area contributed by atoms with Crippen molar-refractivity contribution in [2.24, 2.45) is 5.84 Å². The molecule has 0 saturated heterocycles. The van der Waals surface area contributed by atoms with Crippen molar-refractivity contribution in [2.75, 3.05) is 32.6 Å². The van der Waals surface area contributed by atoms with E-state index in [4.69, 9.17) is 5.84 Å². The fourth-order valence-electron chi connectivity index (χ4n) is 1.30. The van der Waals surface area contributed by atoms with Gasteiger partial charge in [-0.25, -0.2) is 4.79 Å². The average molecular weight is 266 g/mol. The highest BCUT2D eigenvalue weighted by Crippen LogP contribution is 2.10. The molecule has 19 heavy (non-hydrogen) atoms. The lowest BCUT2D eigenvalue weighted by Gasteiger charge is -2.12. The van der Waals surface area contributed by atoms with Gasteiger partial charge in [-0.3, -0.25) is 15.6 Å². The Kier molecular flexibility index (Phi) is 5.55. The molecular weight excluding hydrogens is 248 g/mol. The van der Waals surface area contributed by atoms with E-state index >= 15 is 0 Å². The van der Waals surface area contributed by atoms with Crippen LogP contribution in [0.1, 0.15) is 10.4 Å². The number of pyridine rings is 1. The maximum absolute atomic E-state index is 11.8. The number of nitrogen functional groups attached to an aromatic ring is 1. The zero-order valence-electron chi connectivity index (χ0n) is 10.9. The summed E-state index contributed by atoms with van der Waals surface area (Å²) in [4.78, 5) is 28.3. The lowest BCUT2D eigenvalue weighted by atomic mass is 10.2. The molecule has 0 aliphatic rings. The maximum Gasteiger partial charge on any atom is 0.316 e. The molecule has 0 saturated carbocycles. The predicted molar refractivity (Wildman–Crippen MR) is 71.5 cm³/mol. The number of nitrogens with two attached hydrogens (primary N) is 1. The summed E-state index contributed by atoms with van der Waals surface area (Å²) in [5.41, 5.74) is 3.26. The first-order valence-electron chi connectivity index (χ1n) is 5.70. The molecule has 0 spiro atoms. The number of hydrazine groups is 1. The van der Waals surface area contributed by atoms with Crippen molar-refractivity contribution in [3.8, 4) is 0 Å². The van der Waals surface area contributed by atoms with Crippen molar-refractivity contribution < 1.29 is 9.59 Å². The third-order valence-corrected chi connectivity index (χ3v) is 2.31. The van der Waals surface area contributed by atoms with Crippen LogP contribution in [0, 0.1) is 0 Å². The first kappa shape index (κ1) is 14.7. The van der Waals surface area contributed by atoms with Crippen molar-refractivity contribution >= 4 is 17.6 Å². The summed E-state index contributed by atoms with van der Waals surface area (Å²) in [6.45, 7) is 0.658. The van der Waals surface area contributed by atoms with Crippen molar-refractivity contribution in [2.45, 2.75) is 0 Å². The minimum atomic E-state index is -0.305. The van der Waals surface area contributed by atoms with E-state index in [0.29, 0.717) is 24.3 Å². The number of nitrogens with one attached hydrogen (secondary N) is 3. The molecule has 5 N–H and O–H groups in total. The van der Waals surface area contributed by atoms with Crippen LogP contribution in [0.25, 0.3) is 0 Å². The van der Waals surface area contributed by atoms with Crippen LogP contribution in [-0.2, 0) is 0 Å². The van der Waals surface area contributed by atoms with E-state index in [-0.39, 0.29) is 11.9 Å². The second-order valence-corrected chi connectivity index (χ2v) is 3.95. The van der Waals surface area contributed by atoms with Crippen LogP contribution in [0.4, 0.5) is 10.5 Å². The standard InChI is InChI=1S/C11H18N6O2/c1-17(2)11(19)15-6-5-14-10(18)8-7-13-4-3-9(8)16-12/h3-4,7H,5-6,12H2,1-2H3,(H,13,16)(H,14,18)(H,15,19). The van der Waals surface area contributed by atoms with Crippen molar-refractivity contribution in [1.29, 1.82) is 0 Å². The predicted octanol–water partition coefficient (Wildman–Crippen LogP) is -0.632. The molecule has 1 aromatic heterocycles. The van der Waals surface area contributed by atoms with Gasteiger partial charge in [0.2, 0.25) is 0 Å². The van der Waals surface area contributed by atoms with Gasteiger partial charge in [0.1, 0.15) is 0 Å². The molecule has 104 valence electrons. The molecule has 0 aliphatic carbocycles. The van der Waals surface area contributed by atoms with Gasteiger partial charge in [0.05, 0.1) is 11.3 Å². The Morgan fingerprint density at radius 1 is 1.32 bits per heavy atom.